The van der Waals surface area contributed by atoms with Crippen LogP contribution >= 0.6 is 0 Å². The van der Waals surface area contributed by atoms with Crippen molar-refractivity contribution in [3.05, 3.63) is 36.5 Å². The third-order valence-corrected chi connectivity index (χ3v) is 11.8. The first-order chi connectivity index (χ1) is 30.1. The molecular weight excluding hydrogens is 799 g/mol. The Balaban J connectivity index is 1.67. The first-order valence-corrected chi connectivity index (χ1v) is 24.2. The maximum Gasteiger partial charge on any atom is 0.220 e. The Morgan fingerprint density at radius 1 is 0.565 bits per heavy atom. The zero-order chi connectivity index (χ0) is 45.4. The molecule has 0 saturated carbocycles. The van der Waals surface area contributed by atoms with Crippen molar-refractivity contribution in [3.8, 4) is 0 Å². The average molecular weight is 886 g/mol. The highest BCUT2D eigenvalue weighted by Crippen LogP contribution is 2.30. The lowest BCUT2D eigenvalue weighted by Crippen LogP contribution is -2.65. The van der Waals surface area contributed by atoms with Gasteiger partial charge in [0.1, 0.15) is 48.8 Å². The van der Waals surface area contributed by atoms with Gasteiger partial charge in [-0.1, -0.05) is 153 Å². The van der Waals surface area contributed by atoms with E-state index in [1.54, 1.807) is 6.08 Å². The lowest BCUT2D eigenvalue weighted by atomic mass is 9.97. The van der Waals surface area contributed by atoms with Gasteiger partial charge in [-0.05, 0) is 44.9 Å². The summed E-state index contributed by atoms with van der Waals surface area (Å²) in [4.78, 5) is 12.7. The smallest absolute Gasteiger partial charge is 0.220 e. The highest BCUT2D eigenvalue weighted by molar-refractivity contribution is 5.76. The van der Waals surface area contributed by atoms with E-state index in [1.165, 1.54) is 103 Å². The number of hydrogen-bond donors (Lipinski definition) is 9. The molecular formula is C48H87NO13. The maximum atomic E-state index is 12.7. The van der Waals surface area contributed by atoms with Crippen LogP contribution in [0.5, 0.6) is 0 Å². The fraction of sp³-hybridized carbons (Fsp3) is 0.854. The zero-order valence-electron chi connectivity index (χ0n) is 38.1. The van der Waals surface area contributed by atoms with E-state index < -0.39 is 86.8 Å². The van der Waals surface area contributed by atoms with Gasteiger partial charge in [-0.15, -0.1) is 0 Å². The number of amides is 1. The summed E-state index contributed by atoms with van der Waals surface area (Å²) in [5.74, 6) is -0.290. The van der Waals surface area contributed by atoms with Gasteiger partial charge in [0, 0.05) is 6.42 Å². The second-order valence-electron chi connectivity index (χ2n) is 17.2. The first kappa shape index (κ1) is 56.3. The lowest BCUT2D eigenvalue weighted by molar-refractivity contribution is -0.359. The minimum absolute atomic E-state index is 0.244. The SMILES string of the molecule is CCCCCCCCCCCCCCCCCC/C=C/CC/C=C/CC/C=C/C(O)C(COC1OC(CO)C(OC2OC(CO)C(O)C(O)C2O)C(O)C1O)NC(=O)CCCC. The Bertz CT molecular complexity index is 1190. The Labute approximate surface area is 372 Å². The number of nitrogens with one attached hydrogen (secondary N) is 1. The van der Waals surface area contributed by atoms with Crippen molar-refractivity contribution in [1.29, 1.82) is 0 Å². The molecule has 2 rings (SSSR count). The number of carbonyl (C=O) groups is 1. The summed E-state index contributed by atoms with van der Waals surface area (Å²) >= 11 is 0. The Morgan fingerprint density at radius 3 is 1.56 bits per heavy atom. The molecule has 0 radical (unpaired) electrons. The molecule has 2 saturated heterocycles. The average Bonchev–Trinajstić information content (AvgIpc) is 3.27. The molecule has 362 valence electrons. The molecule has 0 aliphatic carbocycles. The summed E-state index contributed by atoms with van der Waals surface area (Å²) in [6.45, 7) is 2.48. The van der Waals surface area contributed by atoms with Crippen LogP contribution in [0.4, 0.5) is 0 Å². The van der Waals surface area contributed by atoms with Crippen molar-refractivity contribution >= 4 is 5.91 Å². The number of allylic oxidation sites excluding steroid dienone is 5. The van der Waals surface area contributed by atoms with E-state index >= 15 is 0 Å². The van der Waals surface area contributed by atoms with Crippen molar-refractivity contribution in [1.82, 2.24) is 5.32 Å². The third-order valence-electron chi connectivity index (χ3n) is 11.8. The van der Waals surface area contributed by atoms with Crippen molar-refractivity contribution in [2.75, 3.05) is 19.8 Å². The summed E-state index contributed by atoms with van der Waals surface area (Å²) in [7, 11) is 0. The van der Waals surface area contributed by atoms with Crippen molar-refractivity contribution in [3.63, 3.8) is 0 Å². The third kappa shape index (κ3) is 22.9. The quantitative estimate of drug-likeness (QED) is 0.0279. The fourth-order valence-corrected chi connectivity index (χ4v) is 7.77. The minimum atomic E-state index is -1.79. The molecule has 0 aromatic rings. The van der Waals surface area contributed by atoms with Crippen LogP contribution in [0.25, 0.3) is 0 Å². The molecule has 2 aliphatic rings. The molecule has 9 N–H and O–H groups in total. The highest BCUT2D eigenvalue weighted by atomic mass is 16.7. The highest BCUT2D eigenvalue weighted by Gasteiger charge is 2.51. The molecule has 2 aliphatic heterocycles. The molecule has 2 fully saturated rings. The van der Waals surface area contributed by atoms with Crippen LogP contribution < -0.4 is 5.32 Å². The van der Waals surface area contributed by atoms with Crippen LogP contribution in [-0.4, -0.2) is 140 Å². The Morgan fingerprint density at radius 2 is 1.03 bits per heavy atom. The lowest BCUT2D eigenvalue weighted by Gasteiger charge is -2.46. The normalized spacial score (nSPS) is 28.0. The predicted octanol–water partition coefficient (Wildman–Crippen LogP) is 5.54. The monoisotopic (exact) mass is 886 g/mol. The van der Waals surface area contributed by atoms with Crippen molar-refractivity contribution in [2.45, 2.75) is 242 Å². The Kier molecular flexibility index (Phi) is 32.2. The first-order valence-electron chi connectivity index (χ1n) is 24.2. The van der Waals surface area contributed by atoms with E-state index in [0.717, 1.165) is 32.1 Å². The van der Waals surface area contributed by atoms with Crippen LogP contribution in [0.3, 0.4) is 0 Å². The predicted molar refractivity (Wildman–Crippen MR) is 240 cm³/mol. The van der Waals surface area contributed by atoms with Crippen LogP contribution in [0.2, 0.25) is 0 Å². The number of rotatable bonds is 36. The van der Waals surface area contributed by atoms with E-state index in [0.29, 0.717) is 12.8 Å². The number of aliphatic hydroxyl groups is 8. The largest absolute Gasteiger partial charge is 0.394 e. The second-order valence-corrected chi connectivity index (χ2v) is 17.2. The van der Waals surface area contributed by atoms with Crippen molar-refractivity contribution < 1.29 is 64.6 Å². The standard InChI is InChI=1S/C48H87NO13/c1-3-5-7-8-9-10-11-12-13-14-15-16-17-18-19-20-21-22-23-24-25-26-27-28-29-30-31-37(52)36(49-40(53)32-6-4-2)35-59-47-45(58)43(56)46(39(34-51)61-47)62-48-44(57)42(55)41(54)38(33-50)60-48/h22-23,26-27,30-31,36-39,41-48,50-52,54-58H,3-21,24-25,28-29,32-35H2,1-2H3,(H,49,53)/b23-22+,27-26+,31-30+. The van der Waals surface area contributed by atoms with Crippen molar-refractivity contribution in [2.24, 2.45) is 0 Å². The number of ether oxygens (including phenoxy) is 4. The van der Waals surface area contributed by atoms with Crippen LogP contribution in [0.15, 0.2) is 36.5 Å². The van der Waals surface area contributed by atoms with Crippen LogP contribution in [-0.2, 0) is 23.7 Å². The van der Waals surface area contributed by atoms with Gasteiger partial charge in [-0.3, -0.25) is 4.79 Å². The molecule has 14 nitrogen and oxygen atoms in total. The summed E-state index contributed by atoms with van der Waals surface area (Å²) in [5, 5.41) is 85.8. The Hall–Kier alpha value is -1.79. The molecule has 0 aromatic carbocycles. The van der Waals surface area contributed by atoms with Gasteiger partial charge in [0.05, 0.1) is 32.0 Å². The summed E-state index contributed by atoms with van der Waals surface area (Å²) in [6.07, 6.45) is 23.6. The van der Waals surface area contributed by atoms with Crippen LogP contribution in [0.1, 0.15) is 168 Å². The van der Waals surface area contributed by atoms with Gasteiger partial charge in [0.2, 0.25) is 5.91 Å². The summed E-state index contributed by atoms with van der Waals surface area (Å²) in [5.41, 5.74) is 0. The molecule has 12 atom stereocenters. The summed E-state index contributed by atoms with van der Waals surface area (Å²) in [6, 6.07) is -0.930. The van der Waals surface area contributed by atoms with E-state index in [9.17, 15) is 45.6 Å². The van der Waals surface area contributed by atoms with Gasteiger partial charge in [0.15, 0.2) is 12.6 Å². The topological polar surface area (TPSA) is 228 Å². The molecule has 0 spiro atoms. The van der Waals surface area contributed by atoms with Gasteiger partial charge in [-0.25, -0.2) is 0 Å². The molecule has 62 heavy (non-hydrogen) atoms. The minimum Gasteiger partial charge on any atom is -0.394 e. The molecule has 14 heteroatoms. The van der Waals surface area contributed by atoms with Gasteiger partial charge in [0.25, 0.3) is 0 Å². The molecule has 2 heterocycles. The number of carbonyl (C=O) groups excluding carboxylic acids is 1. The second kappa shape index (κ2) is 35.5. The van der Waals surface area contributed by atoms with Gasteiger partial charge >= 0.3 is 0 Å². The number of hydrogen-bond acceptors (Lipinski definition) is 13. The molecule has 0 bridgehead atoms. The maximum absolute atomic E-state index is 12.7. The zero-order valence-corrected chi connectivity index (χ0v) is 38.1. The van der Waals surface area contributed by atoms with E-state index in [-0.39, 0.29) is 18.9 Å². The number of aliphatic hydroxyl groups excluding tert-OH is 8. The molecule has 0 aromatic heterocycles. The van der Waals surface area contributed by atoms with Gasteiger partial charge < -0.3 is 65.1 Å². The number of unbranched alkanes of at least 4 members (excludes halogenated alkanes) is 19. The molecule has 12 unspecified atom stereocenters. The molecule has 1 amide bonds. The fourth-order valence-electron chi connectivity index (χ4n) is 7.77. The summed E-state index contributed by atoms with van der Waals surface area (Å²) < 4.78 is 22.4. The van der Waals surface area contributed by atoms with E-state index in [4.69, 9.17) is 18.9 Å². The van der Waals surface area contributed by atoms with Crippen LogP contribution in [0, 0.1) is 0 Å². The van der Waals surface area contributed by atoms with E-state index in [2.05, 4.69) is 36.5 Å². The van der Waals surface area contributed by atoms with E-state index in [1.807, 2.05) is 13.0 Å². The van der Waals surface area contributed by atoms with Gasteiger partial charge in [-0.2, -0.15) is 0 Å².